The van der Waals surface area contributed by atoms with E-state index in [0.717, 1.165) is 10.0 Å². The lowest BCUT2D eigenvalue weighted by Gasteiger charge is -2.12. The molecular weight excluding hydrogens is 230 g/mol. The topological polar surface area (TPSA) is 61.8 Å². The van der Waals surface area contributed by atoms with Crippen LogP contribution in [0.5, 0.6) is 0 Å². The van der Waals surface area contributed by atoms with Crippen LogP contribution in [0.3, 0.4) is 0 Å². The molecule has 0 amide bonds. The van der Waals surface area contributed by atoms with E-state index in [0.29, 0.717) is 6.42 Å². The van der Waals surface area contributed by atoms with Crippen molar-refractivity contribution in [1.82, 2.24) is 5.43 Å². The Kier molecular flexibility index (Phi) is 3.90. The third kappa shape index (κ3) is 2.81. The molecule has 13 heavy (non-hydrogen) atoms. The number of nitriles is 1. The van der Waals surface area contributed by atoms with E-state index in [2.05, 4.69) is 27.4 Å². The number of hydrazine groups is 1. The van der Waals surface area contributed by atoms with Crippen molar-refractivity contribution >= 4 is 15.9 Å². The van der Waals surface area contributed by atoms with Crippen LogP contribution in [0.15, 0.2) is 28.7 Å². The van der Waals surface area contributed by atoms with Crippen LogP contribution >= 0.6 is 15.9 Å². The van der Waals surface area contributed by atoms with E-state index in [1.165, 1.54) is 0 Å². The van der Waals surface area contributed by atoms with E-state index in [1.807, 2.05) is 24.3 Å². The van der Waals surface area contributed by atoms with E-state index in [-0.39, 0.29) is 6.04 Å². The van der Waals surface area contributed by atoms with Gasteiger partial charge in [-0.1, -0.05) is 28.1 Å². The van der Waals surface area contributed by atoms with Gasteiger partial charge in [0.25, 0.3) is 0 Å². The predicted molar refractivity (Wildman–Crippen MR) is 54.4 cm³/mol. The number of halogens is 1. The zero-order valence-electron chi connectivity index (χ0n) is 7.00. The second kappa shape index (κ2) is 4.97. The summed E-state index contributed by atoms with van der Waals surface area (Å²) in [5, 5.41) is 8.54. The van der Waals surface area contributed by atoms with Crippen molar-refractivity contribution in [2.24, 2.45) is 5.84 Å². The Labute approximate surface area is 85.6 Å². The first-order valence-electron chi connectivity index (χ1n) is 3.86. The number of hydrogen-bond acceptors (Lipinski definition) is 3. The molecule has 0 heterocycles. The number of benzene rings is 1. The van der Waals surface area contributed by atoms with Gasteiger partial charge in [0.1, 0.15) is 0 Å². The minimum Gasteiger partial charge on any atom is -0.271 e. The molecule has 0 aliphatic heterocycles. The lowest BCUT2D eigenvalue weighted by molar-refractivity contribution is 0.565. The molecule has 4 heteroatoms. The third-order valence-corrected chi connectivity index (χ3v) is 2.24. The SMILES string of the molecule is N#CC[C@H](NN)c1cccc(Br)c1. The van der Waals surface area contributed by atoms with Crippen LogP contribution in [0.2, 0.25) is 0 Å². The minimum atomic E-state index is -0.0949. The van der Waals surface area contributed by atoms with Crippen molar-refractivity contribution in [2.45, 2.75) is 12.5 Å². The molecule has 0 aliphatic rings. The quantitative estimate of drug-likeness (QED) is 0.626. The second-order valence-electron chi connectivity index (χ2n) is 2.64. The van der Waals surface area contributed by atoms with E-state index < -0.39 is 0 Å². The van der Waals surface area contributed by atoms with Gasteiger partial charge >= 0.3 is 0 Å². The Bertz CT molecular complexity index is 319. The maximum absolute atomic E-state index is 8.54. The van der Waals surface area contributed by atoms with Crippen LogP contribution in [0.4, 0.5) is 0 Å². The van der Waals surface area contributed by atoms with E-state index in [9.17, 15) is 0 Å². The van der Waals surface area contributed by atoms with Gasteiger partial charge in [0, 0.05) is 4.47 Å². The van der Waals surface area contributed by atoms with Gasteiger partial charge in [-0.2, -0.15) is 5.26 Å². The highest BCUT2D eigenvalue weighted by atomic mass is 79.9. The van der Waals surface area contributed by atoms with Crippen LogP contribution in [0.1, 0.15) is 18.0 Å². The summed E-state index contributed by atoms with van der Waals surface area (Å²) in [6.07, 6.45) is 0.368. The van der Waals surface area contributed by atoms with Gasteiger partial charge in [0.15, 0.2) is 0 Å². The van der Waals surface area contributed by atoms with Crippen molar-refractivity contribution in [3.05, 3.63) is 34.3 Å². The number of hydrogen-bond donors (Lipinski definition) is 2. The normalized spacial score (nSPS) is 12.1. The van der Waals surface area contributed by atoms with Crippen LogP contribution < -0.4 is 11.3 Å². The monoisotopic (exact) mass is 239 g/mol. The van der Waals surface area contributed by atoms with Crippen molar-refractivity contribution in [2.75, 3.05) is 0 Å². The smallest absolute Gasteiger partial charge is 0.0642 e. The van der Waals surface area contributed by atoms with Gasteiger partial charge in [0.05, 0.1) is 18.5 Å². The maximum Gasteiger partial charge on any atom is 0.0642 e. The van der Waals surface area contributed by atoms with E-state index in [4.69, 9.17) is 11.1 Å². The fourth-order valence-corrected chi connectivity index (χ4v) is 1.50. The molecule has 68 valence electrons. The van der Waals surface area contributed by atoms with Gasteiger partial charge in [-0.05, 0) is 17.7 Å². The highest BCUT2D eigenvalue weighted by molar-refractivity contribution is 9.10. The Hall–Kier alpha value is -0.890. The standard InChI is InChI=1S/C9H10BrN3/c10-8-3-1-2-7(6-8)9(13-12)4-5-11/h1-3,6,9,13H,4,12H2/t9-/m0/s1. The van der Waals surface area contributed by atoms with Gasteiger partial charge in [-0.25, -0.2) is 0 Å². The van der Waals surface area contributed by atoms with Gasteiger partial charge < -0.3 is 0 Å². The molecule has 0 saturated heterocycles. The predicted octanol–water partition coefficient (Wildman–Crippen LogP) is 1.87. The first kappa shape index (κ1) is 10.2. The van der Waals surface area contributed by atoms with Crippen LogP contribution in [-0.4, -0.2) is 0 Å². The molecule has 1 aromatic carbocycles. The minimum absolute atomic E-state index is 0.0949. The third-order valence-electron chi connectivity index (χ3n) is 1.75. The average Bonchev–Trinajstić information content (AvgIpc) is 2.14. The molecule has 0 aromatic heterocycles. The number of nitrogens with two attached hydrogens (primary N) is 1. The zero-order valence-corrected chi connectivity index (χ0v) is 8.58. The van der Waals surface area contributed by atoms with Gasteiger partial charge in [-0.15, -0.1) is 0 Å². The summed E-state index contributed by atoms with van der Waals surface area (Å²) in [4.78, 5) is 0. The summed E-state index contributed by atoms with van der Waals surface area (Å²) in [6.45, 7) is 0. The zero-order chi connectivity index (χ0) is 9.68. The fourth-order valence-electron chi connectivity index (χ4n) is 1.09. The Balaban J connectivity index is 2.86. The molecule has 3 N–H and O–H groups in total. The Morgan fingerprint density at radius 3 is 2.92 bits per heavy atom. The molecular formula is C9H10BrN3. The molecule has 0 fully saturated rings. The van der Waals surface area contributed by atoms with Crippen molar-refractivity contribution in [3.63, 3.8) is 0 Å². The molecule has 0 radical (unpaired) electrons. The van der Waals surface area contributed by atoms with Crippen LogP contribution in [-0.2, 0) is 0 Å². The summed E-state index contributed by atoms with van der Waals surface area (Å²) in [7, 11) is 0. The molecule has 1 atom stereocenters. The molecule has 0 saturated carbocycles. The largest absolute Gasteiger partial charge is 0.271 e. The summed E-state index contributed by atoms with van der Waals surface area (Å²) >= 11 is 3.36. The molecule has 1 rings (SSSR count). The fraction of sp³-hybridized carbons (Fsp3) is 0.222. The first-order valence-corrected chi connectivity index (χ1v) is 4.65. The van der Waals surface area contributed by atoms with Crippen molar-refractivity contribution < 1.29 is 0 Å². The Morgan fingerprint density at radius 1 is 1.62 bits per heavy atom. The Morgan fingerprint density at radius 2 is 2.38 bits per heavy atom. The van der Waals surface area contributed by atoms with Crippen molar-refractivity contribution in [1.29, 1.82) is 5.26 Å². The highest BCUT2D eigenvalue weighted by Crippen LogP contribution is 2.19. The highest BCUT2D eigenvalue weighted by Gasteiger charge is 2.08. The summed E-state index contributed by atoms with van der Waals surface area (Å²) in [5.74, 6) is 5.32. The van der Waals surface area contributed by atoms with Crippen molar-refractivity contribution in [3.8, 4) is 6.07 Å². The van der Waals surface area contributed by atoms with E-state index >= 15 is 0 Å². The lowest BCUT2D eigenvalue weighted by atomic mass is 10.1. The average molecular weight is 240 g/mol. The second-order valence-corrected chi connectivity index (χ2v) is 3.55. The number of rotatable bonds is 3. The summed E-state index contributed by atoms with van der Waals surface area (Å²) in [5.41, 5.74) is 3.62. The molecule has 0 bridgehead atoms. The van der Waals surface area contributed by atoms with Crippen LogP contribution in [0, 0.1) is 11.3 Å². The molecule has 0 unspecified atom stereocenters. The van der Waals surface area contributed by atoms with Gasteiger partial charge in [-0.3, -0.25) is 11.3 Å². The molecule has 1 aromatic rings. The first-order chi connectivity index (χ1) is 6.27. The molecule has 3 nitrogen and oxygen atoms in total. The lowest BCUT2D eigenvalue weighted by Crippen LogP contribution is -2.27. The van der Waals surface area contributed by atoms with Crippen LogP contribution in [0.25, 0.3) is 0 Å². The number of nitrogens with zero attached hydrogens (tertiary/aromatic N) is 1. The maximum atomic E-state index is 8.54. The number of nitrogens with one attached hydrogen (secondary N) is 1. The van der Waals surface area contributed by atoms with Gasteiger partial charge in [0.2, 0.25) is 0 Å². The van der Waals surface area contributed by atoms with E-state index in [1.54, 1.807) is 0 Å². The molecule has 0 aliphatic carbocycles. The molecule has 0 spiro atoms. The summed E-state index contributed by atoms with van der Waals surface area (Å²) < 4.78 is 0.989. The summed E-state index contributed by atoms with van der Waals surface area (Å²) in [6, 6.07) is 9.72.